The largest absolute Gasteiger partial charge is 0.436 e. The van der Waals surface area contributed by atoms with Gasteiger partial charge in [0.2, 0.25) is 0 Å². The lowest BCUT2D eigenvalue weighted by molar-refractivity contribution is 0.159. The first kappa shape index (κ1) is 13.1. The molecule has 1 aromatic carbocycles. The quantitative estimate of drug-likeness (QED) is 0.771. The molecular weight excluding hydrogens is 216 g/mol. The number of carbonyl (C=O) groups is 1. The van der Waals surface area contributed by atoms with Crippen molar-refractivity contribution in [1.29, 1.82) is 0 Å². The van der Waals surface area contributed by atoms with Crippen molar-refractivity contribution >= 4 is 6.09 Å². The van der Waals surface area contributed by atoms with Gasteiger partial charge in [-0.15, -0.1) is 5.92 Å². The fourth-order valence-electron chi connectivity index (χ4n) is 1.19. The van der Waals surface area contributed by atoms with Gasteiger partial charge in [-0.3, -0.25) is 0 Å². The van der Waals surface area contributed by atoms with Crippen molar-refractivity contribution in [3.05, 3.63) is 35.4 Å². The summed E-state index contributed by atoms with van der Waals surface area (Å²) >= 11 is 0. The summed E-state index contributed by atoms with van der Waals surface area (Å²) in [5.74, 6) is 5.29. The van der Waals surface area contributed by atoms with Crippen LogP contribution >= 0.6 is 0 Å². The minimum absolute atomic E-state index is 0.119. The summed E-state index contributed by atoms with van der Waals surface area (Å²) in [5.41, 5.74) is 7.55. The normalized spacial score (nSPS) is 9.06. The number of nitrogens with one attached hydrogen (secondary N) is 1. The Labute approximate surface area is 101 Å². The Hall–Kier alpha value is -1.99. The predicted octanol–water partition coefficient (Wildman–Crippen LogP) is 1.39. The first-order chi connectivity index (χ1) is 8.26. The number of hydrogen-bond acceptors (Lipinski definition) is 3. The van der Waals surface area contributed by atoms with Crippen molar-refractivity contribution in [2.75, 3.05) is 6.61 Å². The lowest BCUT2D eigenvalue weighted by Gasteiger charge is -2.05. The molecule has 0 saturated carbocycles. The van der Waals surface area contributed by atoms with Gasteiger partial charge in [0.05, 0.1) is 0 Å². The summed E-state index contributed by atoms with van der Waals surface area (Å²) in [6.45, 7) is 2.77. The zero-order chi connectivity index (χ0) is 12.5. The van der Waals surface area contributed by atoms with E-state index in [1.807, 2.05) is 24.3 Å². The molecule has 0 aliphatic carbocycles. The molecule has 90 valence electrons. The number of benzene rings is 1. The second kappa shape index (κ2) is 7.31. The van der Waals surface area contributed by atoms with Crippen molar-refractivity contribution in [2.24, 2.45) is 5.73 Å². The molecule has 4 nitrogen and oxygen atoms in total. The van der Waals surface area contributed by atoms with Gasteiger partial charge < -0.3 is 15.8 Å². The van der Waals surface area contributed by atoms with Crippen LogP contribution in [0.1, 0.15) is 18.1 Å². The van der Waals surface area contributed by atoms with Gasteiger partial charge >= 0.3 is 6.09 Å². The van der Waals surface area contributed by atoms with E-state index in [0.29, 0.717) is 13.1 Å². The van der Waals surface area contributed by atoms with Crippen molar-refractivity contribution in [3.63, 3.8) is 0 Å². The van der Waals surface area contributed by atoms with E-state index in [1.54, 1.807) is 6.92 Å². The van der Waals surface area contributed by atoms with Crippen molar-refractivity contribution in [3.8, 4) is 11.8 Å². The van der Waals surface area contributed by atoms with Gasteiger partial charge in [-0.25, -0.2) is 4.79 Å². The highest BCUT2D eigenvalue weighted by molar-refractivity contribution is 5.67. The lowest BCUT2D eigenvalue weighted by atomic mass is 10.1. The summed E-state index contributed by atoms with van der Waals surface area (Å²) < 4.78 is 4.81. The molecule has 17 heavy (non-hydrogen) atoms. The van der Waals surface area contributed by atoms with Gasteiger partial charge in [0.25, 0.3) is 0 Å². The van der Waals surface area contributed by atoms with Crippen molar-refractivity contribution in [1.82, 2.24) is 5.32 Å². The number of carbonyl (C=O) groups excluding carboxylic acids is 1. The maximum absolute atomic E-state index is 11.2. The molecule has 0 aromatic heterocycles. The van der Waals surface area contributed by atoms with E-state index in [2.05, 4.69) is 17.2 Å². The van der Waals surface area contributed by atoms with Crippen LogP contribution in [0, 0.1) is 11.8 Å². The third-order valence-electron chi connectivity index (χ3n) is 2.15. The SMILES string of the molecule is CC#CCOC(=O)NCc1ccc(CN)cc1. The Balaban J connectivity index is 2.33. The third-order valence-corrected chi connectivity index (χ3v) is 2.15. The number of rotatable bonds is 4. The zero-order valence-corrected chi connectivity index (χ0v) is 9.82. The maximum Gasteiger partial charge on any atom is 0.408 e. The van der Waals surface area contributed by atoms with E-state index in [0.717, 1.165) is 11.1 Å². The van der Waals surface area contributed by atoms with Gasteiger partial charge in [0.15, 0.2) is 6.61 Å². The van der Waals surface area contributed by atoms with E-state index < -0.39 is 6.09 Å². The van der Waals surface area contributed by atoms with Crippen LogP contribution in [0.2, 0.25) is 0 Å². The van der Waals surface area contributed by atoms with Crippen LogP contribution in [0.15, 0.2) is 24.3 Å². The van der Waals surface area contributed by atoms with E-state index in [9.17, 15) is 4.79 Å². The fourth-order valence-corrected chi connectivity index (χ4v) is 1.19. The van der Waals surface area contributed by atoms with E-state index in [4.69, 9.17) is 10.5 Å². The van der Waals surface area contributed by atoms with Crippen LogP contribution in [-0.2, 0) is 17.8 Å². The molecule has 0 bridgehead atoms. The number of amides is 1. The average molecular weight is 232 g/mol. The Kier molecular flexibility index (Phi) is 5.62. The van der Waals surface area contributed by atoms with Crippen LogP contribution < -0.4 is 11.1 Å². The Morgan fingerprint density at radius 3 is 2.59 bits per heavy atom. The molecule has 0 spiro atoms. The number of alkyl carbamates (subject to hydrolysis) is 1. The molecule has 1 aromatic rings. The summed E-state index contributed by atoms with van der Waals surface area (Å²) in [4.78, 5) is 11.2. The van der Waals surface area contributed by atoms with Crippen LogP contribution in [0.5, 0.6) is 0 Å². The highest BCUT2D eigenvalue weighted by atomic mass is 16.5. The second-order valence-electron chi connectivity index (χ2n) is 3.38. The Morgan fingerprint density at radius 1 is 1.35 bits per heavy atom. The molecule has 0 fully saturated rings. The maximum atomic E-state index is 11.2. The van der Waals surface area contributed by atoms with Gasteiger partial charge in [-0.2, -0.15) is 0 Å². The monoisotopic (exact) mass is 232 g/mol. The Morgan fingerprint density at radius 2 is 2.00 bits per heavy atom. The highest BCUT2D eigenvalue weighted by Crippen LogP contribution is 2.03. The second-order valence-corrected chi connectivity index (χ2v) is 3.38. The van der Waals surface area contributed by atoms with E-state index in [1.165, 1.54) is 0 Å². The molecule has 4 heteroatoms. The molecule has 0 radical (unpaired) electrons. The number of ether oxygens (including phenoxy) is 1. The van der Waals surface area contributed by atoms with Crippen LogP contribution in [0.3, 0.4) is 0 Å². The fraction of sp³-hybridized carbons (Fsp3) is 0.308. The highest BCUT2D eigenvalue weighted by Gasteiger charge is 2.00. The standard InChI is InChI=1S/C13H16N2O2/c1-2-3-8-17-13(16)15-10-12-6-4-11(9-14)5-7-12/h4-7H,8-10,14H2,1H3,(H,15,16). The molecule has 0 aliphatic rings. The third kappa shape index (κ3) is 5.05. The topological polar surface area (TPSA) is 64.3 Å². The van der Waals surface area contributed by atoms with Gasteiger partial charge in [0.1, 0.15) is 0 Å². The number of hydrogen-bond donors (Lipinski definition) is 2. The summed E-state index contributed by atoms with van der Waals surface area (Å²) in [6, 6.07) is 7.72. The van der Waals surface area contributed by atoms with Crippen molar-refractivity contribution < 1.29 is 9.53 Å². The smallest absolute Gasteiger partial charge is 0.408 e. The van der Waals surface area contributed by atoms with Gasteiger partial charge in [0, 0.05) is 13.1 Å². The zero-order valence-electron chi connectivity index (χ0n) is 9.82. The predicted molar refractivity (Wildman–Crippen MR) is 66.0 cm³/mol. The summed E-state index contributed by atoms with van der Waals surface area (Å²) in [7, 11) is 0. The molecule has 0 heterocycles. The molecule has 0 unspecified atom stereocenters. The summed E-state index contributed by atoms with van der Waals surface area (Å²) in [6.07, 6.45) is -0.462. The molecule has 0 atom stereocenters. The molecule has 0 aliphatic heterocycles. The van der Waals surface area contributed by atoms with Gasteiger partial charge in [-0.1, -0.05) is 30.2 Å². The van der Waals surface area contributed by atoms with E-state index >= 15 is 0 Å². The van der Waals surface area contributed by atoms with E-state index in [-0.39, 0.29) is 6.61 Å². The molecule has 1 amide bonds. The van der Waals surface area contributed by atoms with Crippen molar-refractivity contribution in [2.45, 2.75) is 20.0 Å². The van der Waals surface area contributed by atoms with Crippen LogP contribution in [0.25, 0.3) is 0 Å². The average Bonchev–Trinajstić information content (AvgIpc) is 2.37. The van der Waals surface area contributed by atoms with Crippen LogP contribution in [-0.4, -0.2) is 12.7 Å². The molecule has 1 rings (SSSR count). The van der Waals surface area contributed by atoms with Crippen LogP contribution in [0.4, 0.5) is 4.79 Å². The molecule has 0 saturated heterocycles. The minimum atomic E-state index is -0.462. The first-order valence-electron chi connectivity index (χ1n) is 5.34. The molecular formula is C13H16N2O2. The molecule has 3 N–H and O–H groups in total. The lowest BCUT2D eigenvalue weighted by Crippen LogP contribution is -2.23. The van der Waals surface area contributed by atoms with Gasteiger partial charge in [-0.05, 0) is 18.1 Å². The Bertz CT molecular complexity index is 415. The minimum Gasteiger partial charge on any atom is -0.436 e. The first-order valence-corrected chi connectivity index (χ1v) is 5.34. The number of nitrogens with two attached hydrogens (primary N) is 1. The summed E-state index contributed by atoms with van der Waals surface area (Å²) in [5, 5.41) is 2.64.